The van der Waals surface area contributed by atoms with Gasteiger partial charge in [-0.2, -0.15) is 5.10 Å². The quantitative estimate of drug-likeness (QED) is 0.803. The van der Waals surface area contributed by atoms with Gasteiger partial charge in [-0.3, -0.25) is 4.79 Å². The highest BCUT2D eigenvalue weighted by Crippen LogP contribution is 2.57. The first kappa shape index (κ1) is 17.0. The van der Waals surface area contributed by atoms with Gasteiger partial charge >= 0.3 is 0 Å². The van der Waals surface area contributed by atoms with E-state index in [0.29, 0.717) is 0 Å². The van der Waals surface area contributed by atoms with E-state index in [9.17, 15) is 4.79 Å². The molecule has 4 fully saturated rings. The second-order valence-corrected chi connectivity index (χ2v) is 9.30. The number of benzene rings is 1. The smallest absolute Gasteiger partial charge is 0.257 e. The first-order valence-corrected chi connectivity index (χ1v) is 10.4. The van der Waals surface area contributed by atoms with Crippen LogP contribution in [0.2, 0.25) is 0 Å². The molecule has 4 bridgehead atoms. The van der Waals surface area contributed by atoms with Crippen LogP contribution in [0.25, 0.3) is 5.69 Å². The summed E-state index contributed by atoms with van der Waals surface area (Å²) in [6.07, 6.45) is 7.78. The standard InChI is InChI=1S/C23H29N3O/c1-15-21(16(2)26(24-15)20-7-5-4-6-8-20)22(27)25(3)23-12-17-9-18(13-23)11-19(10-17)14-23/h4-8,17-19H,9-14H2,1-3H3. The minimum atomic E-state index is 0.0829. The van der Waals surface area contributed by atoms with Crippen molar-refractivity contribution in [1.29, 1.82) is 0 Å². The number of aromatic nitrogens is 2. The van der Waals surface area contributed by atoms with Crippen LogP contribution < -0.4 is 0 Å². The third kappa shape index (κ3) is 2.56. The first-order valence-electron chi connectivity index (χ1n) is 10.4. The van der Waals surface area contributed by atoms with Gasteiger partial charge in [-0.1, -0.05) is 18.2 Å². The molecule has 0 aliphatic heterocycles. The van der Waals surface area contributed by atoms with E-state index in [1.54, 1.807) is 0 Å². The average molecular weight is 364 g/mol. The second-order valence-electron chi connectivity index (χ2n) is 9.30. The van der Waals surface area contributed by atoms with Crippen molar-refractivity contribution in [3.05, 3.63) is 47.3 Å². The Morgan fingerprint density at radius 1 is 1.04 bits per heavy atom. The molecular weight excluding hydrogens is 334 g/mol. The van der Waals surface area contributed by atoms with Crippen molar-refractivity contribution in [2.24, 2.45) is 17.8 Å². The number of aryl methyl sites for hydroxylation is 1. The molecule has 1 heterocycles. The third-order valence-corrected chi connectivity index (χ3v) is 7.53. The molecular formula is C23H29N3O. The van der Waals surface area contributed by atoms with Gasteiger partial charge in [0.1, 0.15) is 0 Å². The Bertz CT molecular complexity index is 847. The Morgan fingerprint density at radius 3 is 2.15 bits per heavy atom. The Morgan fingerprint density at radius 2 is 1.59 bits per heavy atom. The summed E-state index contributed by atoms with van der Waals surface area (Å²) in [5, 5.41) is 4.70. The minimum absolute atomic E-state index is 0.0829. The highest BCUT2D eigenvalue weighted by Gasteiger charge is 2.54. The van der Waals surface area contributed by atoms with Gasteiger partial charge in [-0.05, 0) is 82.3 Å². The summed E-state index contributed by atoms with van der Waals surface area (Å²) in [6.45, 7) is 3.99. The normalized spacial score (nSPS) is 31.3. The van der Waals surface area contributed by atoms with Crippen molar-refractivity contribution in [2.75, 3.05) is 7.05 Å². The maximum absolute atomic E-state index is 13.6. The molecule has 6 rings (SSSR count). The van der Waals surface area contributed by atoms with E-state index in [0.717, 1.165) is 40.4 Å². The summed E-state index contributed by atoms with van der Waals surface area (Å²) in [7, 11) is 2.05. The average Bonchev–Trinajstić information content (AvgIpc) is 2.94. The fourth-order valence-electron chi connectivity index (χ4n) is 6.63. The second kappa shape index (κ2) is 5.95. The highest BCUT2D eigenvalue weighted by atomic mass is 16.2. The number of carbonyl (C=O) groups is 1. The molecule has 0 radical (unpaired) electrons. The predicted octanol–water partition coefficient (Wildman–Crippen LogP) is 4.53. The fourth-order valence-corrected chi connectivity index (χ4v) is 6.63. The lowest BCUT2D eigenvalue weighted by atomic mass is 9.52. The monoisotopic (exact) mass is 363 g/mol. The van der Waals surface area contributed by atoms with Crippen LogP contribution in [-0.4, -0.2) is 33.2 Å². The lowest BCUT2D eigenvalue weighted by Crippen LogP contribution is -2.60. The van der Waals surface area contributed by atoms with Crippen molar-refractivity contribution in [1.82, 2.24) is 14.7 Å². The van der Waals surface area contributed by atoms with Gasteiger partial charge in [0.2, 0.25) is 0 Å². The largest absolute Gasteiger partial charge is 0.336 e. The minimum Gasteiger partial charge on any atom is -0.336 e. The Balaban J connectivity index is 1.49. The number of rotatable bonds is 3. The SMILES string of the molecule is Cc1nn(-c2ccccc2)c(C)c1C(=O)N(C)C12CC3CC(CC(C3)C1)C2. The van der Waals surface area contributed by atoms with E-state index >= 15 is 0 Å². The van der Waals surface area contributed by atoms with Gasteiger partial charge in [0, 0.05) is 12.6 Å². The Labute approximate surface area is 161 Å². The number of amides is 1. The molecule has 142 valence electrons. The first-order chi connectivity index (χ1) is 13.0. The summed E-state index contributed by atoms with van der Waals surface area (Å²) in [4.78, 5) is 15.7. The molecule has 1 amide bonds. The molecule has 0 spiro atoms. The molecule has 4 nitrogen and oxygen atoms in total. The van der Waals surface area contributed by atoms with Crippen LogP contribution in [0.15, 0.2) is 30.3 Å². The Kier molecular flexibility index (Phi) is 3.75. The molecule has 4 aliphatic rings. The molecule has 1 aromatic carbocycles. The molecule has 2 aromatic rings. The van der Waals surface area contributed by atoms with E-state index < -0.39 is 0 Å². The third-order valence-electron chi connectivity index (χ3n) is 7.53. The van der Waals surface area contributed by atoms with E-state index in [4.69, 9.17) is 5.10 Å². The Hall–Kier alpha value is -2.10. The van der Waals surface area contributed by atoms with Crippen LogP contribution in [0.5, 0.6) is 0 Å². The van der Waals surface area contributed by atoms with Crippen molar-refractivity contribution in [3.8, 4) is 5.69 Å². The van der Waals surface area contributed by atoms with Crippen LogP contribution in [0.4, 0.5) is 0 Å². The molecule has 4 saturated carbocycles. The number of hydrogen-bond acceptors (Lipinski definition) is 2. The van der Waals surface area contributed by atoms with Crippen molar-refractivity contribution in [2.45, 2.75) is 57.9 Å². The van der Waals surface area contributed by atoms with Crippen LogP contribution in [0.3, 0.4) is 0 Å². The molecule has 0 unspecified atom stereocenters. The molecule has 0 N–H and O–H groups in total. The molecule has 1 aromatic heterocycles. The maximum atomic E-state index is 13.6. The molecule has 0 saturated heterocycles. The predicted molar refractivity (Wildman–Crippen MR) is 106 cm³/mol. The van der Waals surface area contributed by atoms with Gasteiger partial charge in [-0.25, -0.2) is 4.68 Å². The van der Waals surface area contributed by atoms with Gasteiger partial charge in [-0.15, -0.1) is 0 Å². The molecule has 4 heteroatoms. The fraction of sp³-hybridized carbons (Fsp3) is 0.565. The number of para-hydroxylation sites is 1. The van der Waals surface area contributed by atoms with Gasteiger partial charge in [0.25, 0.3) is 5.91 Å². The zero-order valence-corrected chi connectivity index (χ0v) is 16.6. The summed E-state index contributed by atoms with van der Waals surface area (Å²) >= 11 is 0. The number of carbonyl (C=O) groups excluding carboxylic acids is 1. The molecule has 0 atom stereocenters. The summed E-state index contributed by atoms with van der Waals surface area (Å²) < 4.78 is 1.91. The van der Waals surface area contributed by atoms with Gasteiger partial charge in [0.05, 0.1) is 22.6 Å². The van der Waals surface area contributed by atoms with E-state index in [1.807, 2.05) is 55.9 Å². The number of hydrogen-bond donors (Lipinski definition) is 0. The van der Waals surface area contributed by atoms with Crippen LogP contribution >= 0.6 is 0 Å². The van der Waals surface area contributed by atoms with Crippen molar-refractivity contribution in [3.63, 3.8) is 0 Å². The zero-order chi connectivity index (χ0) is 18.8. The summed E-state index contributed by atoms with van der Waals surface area (Å²) in [5.74, 6) is 2.66. The summed E-state index contributed by atoms with van der Waals surface area (Å²) in [6, 6.07) is 10.1. The lowest BCUT2D eigenvalue weighted by Gasteiger charge is -2.59. The number of nitrogens with zero attached hydrogens (tertiary/aromatic N) is 3. The van der Waals surface area contributed by atoms with Gasteiger partial charge < -0.3 is 4.90 Å². The maximum Gasteiger partial charge on any atom is 0.257 e. The lowest BCUT2D eigenvalue weighted by molar-refractivity contribution is -0.0665. The zero-order valence-electron chi connectivity index (χ0n) is 16.6. The van der Waals surface area contributed by atoms with Crippen molar-refractivity contribution < 1.29 is 4.79 Å². The van der Waals surface area contributed by atoms with Gasteiger partial charge in [0.15, 0.2) is 0 Å². The molecule has 27 heavy (non-hydrogen) atoms. The topological polar surface area (TPSA) is 38.1 Å². The van der Waals surface area contributed by atoms with Crippen molar-refractivity contribution >= 4 is 5.91 Å². The van der Waals surface area contributed by atoms with E-state index in [1.165, 1.54) is 38.5 Å². The van der Waals surface area contributed by atoms with Crippen LogP contribution in [0.1, 0.15) is 60.3 Å². The van der Waals surface area contributed by atoms with E-state index in [2.05, 4.69) is 4.90 Å². The van der Waals surface area contributed by atoms with Crippen LogP contribution in [-0.2, 0) is 0 Å². The van der Waals surface area contributed by atoms with E-state index in [-0.39, 0.29) is 11.4 Å². The highest BCUT2D eigenvalue weighted by molar-refractivity contribution is 5.97. The molecule has 4 aliphatic carbocycles. The summed E-state index contributed by atoms with van der Waals surface area (Å²) in [5.41, 5.74) is 3.66. The van der Waals surface area contributed by atoms with Crippen LogP contribution in [0, 0.1) is 31.6 Å².